The van der Waals surface area contributed by atoms with Crippen LogP contribution in [0.25, 0.3) is 10.9 Å². The molecule has 204 valence electrons. The van der Waals surface area contributed by atoms with Crippen molar-refractivity contribution in [2.24, 2.45) is 10.9 Å². The van der Waals surface area contributed by atoms with Crippen molar-refractivity contribution in [3.8, 4) is 0 Å². The average Bonchev–Trinajstić information content (AvgIpc) is 3.76. The van der Waals surface area contributed by atoms with Gasteiger partial charge < -0.3 is 10.2 Å². The van der Waals surface area contributed by atoms with Crippen molar-refractivity contribution >= 4 is 40.3 Å². The maximum Gasteiger partial charge on any atom is 0.349 e. The topological polar surface area (TPSA) is 104 Å². The number of aliphatic imine (C=N–C) groups is 1. The number of piperazine rings is 1. The van der Waals surface area contributed by atoms with Crippen LogP contribution in [0.3, 0.4) is 0 Å². The summed E-state index contributed by atoms with van der Waals surface area (Å²) in [6, 6.07) is 6.15. The fourth-order valence-electron chi connectivity index (χ4n) is 5.08. The normalized spacial score (nSPS) is 16.9. The molecule has 2 aliphatic heterocycles. The van der Waals surface area contributed by atoms with Gasteiger partial charge in [0, 0.05) is 50.4 Å². The summed E-state index contributed by atoms with van der Waals surface area (Å²) >= 11 is 0. The Morgan fingerprint density at radius 2 is 1.97 bits per heavy atom. The molecule has 0 spiro atoms. The number of halogens is 2. The highest BCUT2D eigenvalue weighted by molar-refractivity contribution is 6.06. The number of benzene rings is 2. The van der Waals surface area contributed by atoms with Crippen molar-refractivity contribution in [2.75, 3.05) is 43.0 Å². The molecule has 6 rings (SSSR count). The number of amides is 1. The third kappa shape index (κ3) is 4.97. The van der Waals surface area contributed by atoms with Gasteiger partial charge in [0.25, 0.3) is 5.91 Å². The van der Waals surface area contributed by atoms with E-state index < -0.39 is 23.2 Å². The van der Waals surface area contributed by atoms with Crippen molar-refractivity contribution in [2.45, 2.75) is 32.9 Å². The van der Waals surface area contributed by atoms with Gasteiger partial charge in [-0.1, -0.05) is 0 Å². The zero-order chi connectivity index (χ0) is 27.1. The molecule has 1 aliphatic carbocycles. The molecule has 39 heavy (non-hydrogen) atoms. The molecule has 3 aliphatic rings. The van der Waals surface area contributed by atoms with Gasteiger partial charge >= 0.3 is 5.69 Å². The Bertz CT molecular complexity index is 1530. The van der Waals surface area contributed by atoms with Crippen LogP contribution in [0.5, 0.6) is 0 Å². The maximum absolute atomic E-state index is 15.6. The number of anilines is 2. The highest BCUT2D eigenvalue weighted by Gasteiger charge is 2.26. The van der Waals surface area contributed by atoms with Gasteiger partial charge in [0.05, 0.1) is 29.7 Å². The predicted molar refractivity (Wildman–Crippen MR) is 143 cm³/mol. The van der Waals surface area contributed by atoms with Crippen LogP contribution in [0.1, 0.15) is 35.7 Å². The summed E-state index contributed by atoms with van der Waals surface area (Å²) in [4.78, 5) is 42.2. The number of hydroxylamine groups is 1. The van der Waals surface area contributed by atoms with E-state index in [4.69, 9.17) is 4.84 Å². The summed E-state index contributed by atoms with van der Waals surface area (Å²) in [5, 5.41) is 3.54. The fraction of sp³-hybridized carbons (Fsp3) is 0.407. The molecule has 2 fully saturated rings. The summed E-state index contributed by atoms with van der Waals surface area (Å²) in [7, 11) is 0. The number of nitrogens with one attached hydrogen (secondary N) is 2. The zero-order valence-electron chi connectivity index (χ0n) is 21.5. The smallest absolute Gasteiger partial charge is 0.349 e. The molecule has 0 bridgehead atoms. The van der Waals surface area contributed by atoms with E-state index in [1.54, 1.807) is 18.2 Å². The van der Waals surface area contributed by atoms with Crippen molar-refractivity contribution < 1.29 is 18.4 Å². The van der Waals surface area contributed by atoms with Crippen molar-refractivity contribution in [3.05, 3.63) is 57.5 Å². The van der Waals surface area contributed by atoms with E-state index in [-0.39, 0.29) is 11.1 Å². The van der Waals surface area contributed by atoms with Crippen LogP contribution in [0.2, 0.25) is 0 Å². The van der Waals surface area contributed by atoms with Gasteiger partial charge in [-0.3, -0.25) is 19.1 Å². The van der Waals surface area contributed by atoms with Crippen molar-refractivity contribution in [1.29, 1.82) is 0 Å². The standard InChI is InChI=1S/C27H29F2N7O3/c1-2-36-25-22-20(30-15-31-25)12-18(23(29)24(22)32-27(36)38)13-34-7-9-35(10-8-34)21-6-5-17(11-19(21)28)26(37)33-39-14-16-3-4-16/h5-6,11-12,15-16H,2-4,7-10,13-14H2,1H3,(H,30,31)(H,33,37). The molecule has 10 nitrogen and oxygen atoms in total. The van der Waals surface area contributed by atoms with Crippen LogP contribution in [0.4, 0.5) is 26.0 Å². The van der Waals surface area contributed by atoms with Crippen LogP contribution in [-0.2, 0) is 17.9 Å². The molecule has 0 unspecified atom stereocenters. The van der Waals surface area contributed by atoms with Gasteiger partial charge in [-0.05, 0) is 49.9 Å². The molecule has 0 radical (unpaired) electrons. The lowest BCUT2D eigenvalue weighted by atomic mass is 10.1. The Hall–Kier alpha value is -3.90. The van der Waals surface area contributed by atoms with Gasteiger partial charge in [0.15, 0.2) is 5.82 Å². The van der Waals surface area contributed by atoms with E-state index in [1.807, 2.05) is 11.8 Å². The predicted octanol–water partition coefficient (Wildman–Crippen LogP) is 3.17. The molecule has 1 saturated heterocycles. The summed E-state index contributed by atoms with van der Waals surface area (Å²) in [6.07, 6.45) is 3.71. The van der Waals surface area contributed by atoms with Crippen LogP contribution >= 0.6 is 0 Å². The SMILES string of the molecule is CCn1c2c3c(cc(CN4CCN(c5ccc(C(=O)NOCC6CC6)cc5F)CC4)c(F)c3nc1=O)NC=N2. The van der Waals surface area contributed by atoms with Crippen LogP contribution in [0, 0.1) is 17.6 Å². The molecular weight excluding hydrogens is 508 g/mol. The van der Waals surface area contributed by atoms with Crippen LogP contribution in [-0.4, -0.2) is 59.5 Å². The minimum absolute atomic E-state index is 0.0133. The molecule has 3 heterocycles. The molecule has 1 saturated carbocycles. The van der Waals surface area contributed by atoms with Gasteiger partial charge in [0.2, 0.25) is 0 Å². The number of hydrogen-bond acceptors (Lipinski definition) is 8. The summed E-state index contributed by atoms with van der Waals surface area (Å²) < 4.78 is 31.9. The second-order valence-corrected chi connectivity index (χ2v) is 10.1. The van der Waals surface area contributed by atoms with E-state index >= 15 is 4.39 Å². The number of carbonyl (C=O) groups excluding carboxylic acids is 1. The summed E-state index contributed by atoms with van der Waals surface area (Å²) in [5.74, 6) is -0.582. The number of carbonyl (C=O) groups is 1. The van der Waals surface area contributed by atoms with Crippen molar-refractivity contribution in [3.63, 3.8) is 0 Å². The lowest BCUT2D eigenvalue weighted by Gasteiger charge is -2.36. The van der Waals surface area contributed by atoms with E-state index in [0.29, 0.717) is 79.9 Å². The number of nitrogens with zero attached hydrogens (tertiary/aromatic N) is 5. The van der Waals surface area contributed by atoms with Gasteiger partial charge in [-0.25, -0.2) is 24.0 Å². The third-order valence-electron chi connectivity index (χ3n) is 7.45. The molecular formula is C27H29F2N7O3. The van der Waals surface area contributed by atoms with Crippen molar-refractivity contribution in [1.82, 2.24) is 19.9 Å². The monoisotopic (exact) mass is 537 g/mol. The Morgan fingerprint density at radius 3 is 2.69 bits per heavy atom. The zero-order valence-corrected chi connectivity index (χ0v) is 21.5. The summed E-state index contributed by atoms with van der Waals surface area (Å²) in [5.41, 5.74) is 3.54. The molecule has 0 atom stereocenters. The molecule has 1 amide bonds. The largest absolute Gasteiger partial charge is 0.367 e. The number of rotatable bonds is 8. The van der Waals surface area contributed by atoms with E-state index in [2.05, 4.69) is 25.7 Å². The van der Waals surface area contributed by atoms with Crippen LogP contribution in [0.15, 0.2) is 34.1 Å². The molecule has 1 aromatic heterocycles. The van der Waals surface area contributed by atoms with Gasteiger partial charge in [0.1, 0.15) is 17.2 Å². The first-order chi connectivity index (χ1) is 18.9. The minimum Gasteiger partial charge on any atom is -0.367 e. The van der Waals surface area contributed by atoms with E-state index in [9.17, 15) is 14.0 Å². The minimum atomic E-state index is -0.536. The Morgan fingerprint density at radius 1 is 1.18 bits per heavy atom. The highest BCUT2D eigenvalue weighted by Crippen LogP contribution is 2.36. The molecule has 12 heteroatoms. The second kappa shape index (κ2) is 10.3. The molecule has 2 aromatic carbocycles. The summed E-state index contributed by atoms with van der Waals surface area (Å²) in [6.45, 7) is 5.21. The first-order valence-electron chi connectivity index (χ1n) is 13.2. The Balaban J connectivity index is 1.13. The highest BCUT2D eigenvalue weighted by atomic mass is 19.1. The Labute approximate surface area is 223 Å². The lowest BCUT2D eigenvalue weighted by molar-refractivity contribution is 0.0270. The lowest BCUT2D eigenvalue weighted by Crippen LogP contribution is -2.46. The van der Waals surface area contributed by atoms with Crippen LogP contribution < -0.4 is 21.4 Å². The fourth-order valence-corrected chi connectivity index (χ4v) is 5.08. The van der Waals surface area contributed by atoms with E-state index in [0.717, 1.165) is 12.8 Å². The Kier molecular flexibility index (Phi) is 6.73. The quantitative estimate of drug-likeness (QED) is 0.426. The third-order valence-corrected chi connectivity index (χ3v) is 7.45. The van der Waals surface area contributed by atoms with Gasteiger partial charge in [-0.2, -0.15) is 4.98 Å². The maximum atomic E-state index is 15.6. The van der Waals surface area contributed by atoms with E-state index in [1.165, 1.54) is 17.0 Å². The first-order valence-corrected chi connectivity index (χ1v) is 13.2. The molecule has 2 N–H and O–H groups in total. The molecule has 3 aromatic rings. The number of hydrogen-bond donors (Lipinski definition) is 2. The first kappa shape index (κ1) is 25.4. The second-order valence-electron chi connectivity index (χ2n) is 10.1. The average molecular weight is 538 g/mol. The number of aromatic nitrogens is 2. The van der Waals surface area contributed by atoms with Gasteiger partial charge in [-0.15, -0.1) is 0 Å².